The van der Waals surface area contributed by atoms with Crippen molar-refractivity contribution in [2.24, 2.45) is 5.73 Å². The van der Waals surface area contributed by atoms with E-state index in [1.165, 1.54) is 17.7 Å². The maximum absolute atomic E-state index is 13.3. The molecule has 4 rings (SSSR count). The Morgan fingerprint density at radius 1 is 1.19 bits per heavy atom. The van der Waals surface area contributed by atoms with E-state index in [0.29, 0.717) is 6.04 Å². The number of hydrogen-bond acceptors (Lipinski definition) is 5. The molecule has 6 nitrogen and oxygen atoms in total. The number of aryl methyl sites for hydroxylation is 1. The molecule has 0 radical (unpaired) electrons. The number of piperazine rings is 1. The van der Waals surface area contributed by atoms with Crippen LogP contribution in [0.3, 0.4) is 0 Å². The summed E-state index contributed by atoms with van der Waals surface area (Å²) >= 11 is 0. The normalized spacial score (nSPS) is 21.2. The first-order valence-electron chi connectivity index (χ1n) is 11.7. The van der Waals surface area contributed by atoms with E-state index in [-0.39, 0.29) is 11.9 Å². The third-order valence-electron chi connectivity index (χ3n) is 6.58. The fraction of sp³-hybridized carbons (Fsp3) is 0.520. The van der Waals surface area contributed by atoms with Crippen LogP contribution >= 0.6 is 0 Å². The number of nitrogens with one attached hydrogen (secondary N) is 1. The quantitative estimate of drug-likeness (QED) is 0.641. The molecule has 3 N–H and O–H groups in total. The molecular weight excluding hydrogens is 386 g/mol. The average Bonchev–Trinajstić information content (AvgIpc) is 2.83. The summed E-state index contributed by atoms with van der Waals surface area (Å²) in [4.78, 5) is 22.7. The zero-order valence-corrected chi connectivity index (χ0v) is 18.4. The molecule has 1 amide bonds. The zero-order valence-electron chi connectivity index (χ0n) is 18.4. The maximum atomic E-state index is 13.3. The first-order valence-corrected chi connectivity index (χ1v) is 11.7. The molecule has 2 aromatic rings. The number of unbranched alkanes of at least 4 members (excludes halogenated alkanes) is 1. The lowest BCUT2D eigenvalue weighted by Gasteiger charge is -2.42. The Balaban J connectivity index is 1.55. The Kier molecular flexibility index (Phi) is 7.67. The van der Waals surface area contributed by atoms with Gasteiger partial charge in [0, 0.05) is 37.9 Å². The summed E-state index contributed by atoms with van der Waals surface area (Å²) in [6.45, 7) is 4.98. The maximum Gasteiger partial charge on any atom is 0.254 e. The Morgan fingerprint density at radius 2 is 2.06 bits per heavy atom. The van der Waals surface area contributed by atoms with E-state index in [0.717, 1.165) is 70.5 Å². The first kappa shape index (κ1) is 21.9. The molecule has 2 heterocycles. The van der Waals surface area contributed by atoms with E-state index < -0.39 is 0 Å². The van der Waals surface area contributed by atoms with Crippen LogP contribution in [0, 0.1) is 0 Å². The lowest BCUT2D eigenvalue weighted by atomic mass is 9.90. The van der Waals surface area contributed by atoms with Crippen LogP contribution in [0.2, 0.25) is 0 Å². The second-order valence-electron chi connectivity index (χ2n) is 8.67. The number of carbonyl (C=O) groups excluding carboxylic acids is 1. The van der Waals surface area contributed by atoms with Crippen LogP contribution in [0.4, 0.5) is 0 Å². The minimum Gasteiger partial charge on any atom is -0.332 e. The smallest absolute Gasteiger partial charge is 0.254 e. The SMILES string of the molecule is NCCCCN(C[C@@H]1CNCCN1C(=O)c1ccccc1)[C@H]1CCCc2cccnc21. The monoisotopic (exact) mass is 421 g/mol. The predicted molar refractivity (Wildman–Crippen MR) is 124 cm³/mol. The number of rotatable bonds is 8. The van der Waals surface area contributed by atoms with Crippen molar-refractivity contribution in [3.63, 3.8) is 0 Å². The number of amides is 1. The topological polar surface area (TPSA) is 74.5 Å². The second-order valence-corrected chi connectivity index (χ2v) is 8.67. The van der Waals surface area contributed by atoms with Gasteiger partial charge in [-0.05, 0) is 69.0 Å². The predicted octanol–water partition coefficient (Wildman–Crippen LogP) is 2.61. The van der Waals surface area contributed by atoms with E-state index in [2.05, 4.69) is 21.2 Å². The summed E-state index contributed by atoms with van der Waals surface area (Å²) < 4.78 is 0. The molecule has 2 atom stereocenters. The fourth-order valence-corrected chi connectivity index (χ4v) is 4.98. The summed E-state index contributed by atoms with van der Waals surface area (Å²) in [5, 5.41) is 3.51. The summed E-state index contributed by atoms with van der Waals surface area (Å²) in [5.41, 5.74) is 9.16. The summed E-state index contributed by atoms with van der Waals surface area (Å²) in [6.07, 6.45) is 7.43. The van der Waals surface area contributed by atoms with Crippen LogP contribution in [-0.2, 0) is 6.42 Å². The highest BCUT2D eigenvalue weighted by molar-refractivity contribution is 5.94. The number of nitrogens with zero attached hydrogens (tertiary/aromatic N) is 3. The van der Waals surface area contributed by atoms with Crippen molar-refractivity contribution in [1.29, 1.82) is 0 Å². The lowest BCUT2D eigenvalue weighted by Crippen LogP contribution is -2.58. The number of pyridine rings is 1. The Bertz CT molecular complexity index is 843. The molecule has 0 saturated carbocycles. The van der Waals surface area contributed by atoms with Gasteiger partial charge >= 0.3 is 0 Å². The van der Waals surface area contributed by atoms with E-state index in [4.69, 9.17) is 10.7 Å². The van der Waals surface area contributed by atoms with Gasteiger partial charge in [0.05, 0.1) is 17.8 Å². The molecule has 166 valence electrons. The molecule has 1 fully saturated rings. The molecule has 6 heteroatoms. The van der Waals surface area contributed by atoms with Crippen LogP contribution in [-0.4, -0.2) is 66.0 Å². The molecular formula is C25H35N5O. The minimum atomic E-state index is 0.135. The number of hydrogen-bond donors (Lipinski definition) is 2. The largest absolute Gasteiger partial charge is 0.332 e. The Morgan fingerprint density at radius 3 is 2.90 bits per heavy atom. The number of nitrogens with two attached hydrogens (primary N) is 1. The van der Waals surface area contributed by atoms with Gasteiger partial charge in [-0.2, -0.15) is 0 Å². The summed E-state index contributed by atoms with van der Waals surface area (Å²) in [5.74, 6) is 0.135. The van der Waals surface area contributed by atoms with Crippen molar-refractivity contribution >= 4 is 5.91 Å². The minimum absolute atomic E-state index is 0.135. The van der Waals surface area contributed by atoms with Crippen molar-refractivity contribution in [3.05, 3.63) is 65.5 Å². The highest BCUT2D eigenvalue weighted by Gasteiger charge is 2.33. The molecule has 2 aliphatic rings. The molecule has 0 bridgehead atoms. The van der Waals surface area contributed by atoms with Gasteiger partial charge in [0.1, 0.15) is 0 Å². The van der Waals surface area contributed by atoms with Gasteiger partial charge in [-0.3, -0.25) is 14.7 Å². The van der Waals surface area contributed by atoms with Crippen LogP contribution in [0.25, 0.3) is 0 Å². The van der Waals surface area contributed by atoms with Crippen molar-refractivity contribution in [2.45, 2.75) is 44.2 Å². The highest BCUT2D eigenvalue weighted by Crippen LogP contribution is 2.33. The van der Waals surface area contributed by atoms with E-state index in [9.17, 15) is 4.79 Å². The third-order valence-corrected chi connectivity index (χ3v) is 6.58. The molecule has 1 aromatic heterocycles. The van der Waals surface area contributed by atoms with Gasteiger partial charge in [-0.1, -0.05) is 24.3 Å². The molecule has 1 aromatic carbocycles. The molecule has 1 aliphatic carbocycles. The van der Waals surface area contributed by atoms with Crippen molar-refractivity contribution < 1.29 is 4.79 Å². The Hall–Kier alpha value is -2.28. The fourth-order valence-electron chi connectivity index (χ4n) is 4.98. The molecule has 0 spiro atoms. The van der Waals surface area contributed by atoms with Crippen LogP contribution < -0.4 is 11.1 Å². The van der Waals surface area contributed by atoms with E-state index in [1.54, 1.807) is 0 Å². The van der Waals surface area contributed by atoms with Crippen molar-refractivity contribution in [2.75, 3.05) is 39.3 Å². The second kappa shape index (κ2) is 10.8. The number of benzene rings is 1. The number of aromatic nitrogens is 1. The van der Waals surface area contributed by atoms with Gasteiger partial charge in [0.15, 0.2) is 0 Å². The molecule has 0 unspecified atom stereocenters. The van der Waals surface area contributed by atoms with Crippen LogP contribution in [0.5, 0.6) is 0 Å². The molecule has 1 aliphatic heterocycles. The standard InChI is InChI=1S/C25H35N5O/c26-13-4-5-16-29(23-12-6-10-20-11-7-14-28-24(20)23)19-22-18-27-15-17-30(22)25(31)21-8-2-1-3-9-21/h1-3,7-9,11,14,22-23,27H,4-6,10,12-13,15-19,26H2/t22-,23-/m0/s1. The van der Waals surface area contributed by atoms with Crippen LogP contribution in [0.15, 0.2) is 48.7 Å². The van der Waals surface area contributed by atoms with Crippen molar-refractivity contribution in [3.8, 4) is 0 Å². The van der Waals surface area contributed by atoms with Crippen molar-refractivity contribution in [1.82, 2.24) is 20.1 Å². The lowest BCUT2D eigenvalue weighted by molar-refractivity contribution is 0.0514. The summed E-state index contributed by atoms with van der Waals surface area (Å²) in [7, 11) is 0. The molecule has 31 heavy (non-hydrogen) atoms. The van der Waals surface area contributed by atoms with Gasteiger partial charge in [0.25, 0.3) is 5.91 Å². The highest BCUT2D eigenvalue weighted by atomic mass is 16.2. The van der Waals surface area contributed by atoms with E-state index in [1.807, 2.05) is 42.6 Å². The summed E-state index contributed by atoms with van der Waals surface area (Å²) in [6, 6.07) is 14.4. The van der Waals surface area contributed by atoms with Crippen LogP contribution in [0.1, 0.15) is 53.3 Å². The van der Waals surface area contributed by atoms with Gasteiger partial charge < -0.3 is 16.0 Å². The zero-order chi connectivity index (χ0) is 21.5. The van der Waals surface area contributed by atoms with Gasteiger partial charge in [0.2, 0.25) is 0 Å². The Labute approximate surface area is 185 Å². The van der Waals surface area contributed by atoms with Gasteiger partial charge in [-0.15, -0.1) is 0 Å². The third kappa shape index (κ3) is 5.32. The average molecular weight is 422 g/mol. The number of carbonyl (C=O) groups is 1. The first-order chi connectivity index (χ1) is 15.3. The van der Waals surface area contributed by atoms with E-state index >= 15 is 0 Å². The van der Waals surface area contributed by atoms with Gasteiger partial charge in [-0.25, -0.2) is 0 Å². The number of fused-ring (bicyclic) bond motifs is 1. The molecule has 1 saturated heterocycles.